The van der Waals surface area contributed by atoms with Crippen LogP contribution in [0.5, 0.6) is 5.75 Å². The molecule has 5 nitrogen and oxygen atoms in total. The Morgan fingerprint density at radius 3 is 2.46 bits per heavy atom. The number of amides is 1. The summed E-state index contributed by atoms with van der Waals surface area (Å²) in [6.45, 7) is 4.31. The maximum Gasteiger partial charge on any atom is 0.344 e. The molecule has 0 aliphatic carbocycles. The Hall–Kier alpha value is -3.08. The molecule has 0 unspecified atom stereocenters. The molecular weight excluding hydrogens is 330 g/mol. The fraction of sp³-hybridized carbons (Fsp3) is 0.238. The zero-order chi connectivity index (χ0) is 18.7. The van der Waals surface area contributed by atoms with Crippen LogP contribution in [0.4, 0.5) is 0 Å². The van der Waals surface area contributed by atoms with Gasteiger partial charge in [-0.3, -0.25) is 4.79 Å². The third-order valence-electron chi connectivity index (χ3n) is 4.29. The summed E-state index contributed by atoms with van der Waals surface area (Å²) >= 11 is 0. The minimum atomic E-state index is -0.638. The van der Waals surface area contributed by atoms with Gasteiger partial charge in [-0.25, -0.2) is 4.79 Å². The van der Waals surface area contributed by atoms with E-state index in [9.17, 15) is 14.7 Å². The Bertz CT molecular complexity index is 1000. The number of rotatable bonds is 5. The Kier molecular flexibility index (Phi) is 5.07. The molecule has 1 amide bonds. The average Bonchev–Trinajstić information content (AvgIpc) is 2.64. The van der Waals surface area contributed by atoms with Crippen molar-refractivity contribution in [2.75, 3.05) is 0 Å². The van der Waals surface area contributed by atoms with Crippen molar-refractivity contribution in [2.45, 2.75) is 33.2 Å². The SMILES string of the molecule is CCCc1ccc2c(=O)oc(C(=O)NCc3ccc(C)cc3)c(O)c2c1. The lowest BCUT2D eigenvalue weighted by Gasteiger charge is -2.09. The molecule has 0 atom stereocenters. The molecule has 1 heterocycles. The van der Waals surface area contributed by atoms with Crippen molar-refractivity contribution in [3.05, 3.63) is 75.3 Å². The summed E-state index contributed by atoms with van der Waals surface area (Å²) in [6, 6.07) is 12.9. The molecule has 5 heteroatoms. The Morgan fingerprint density at radius 2 is 1.77 bits per heavy atom. The molecule has 1 aromatic heterocycles. The monoisotopic (exact) mass is 351 g/mol. The van der Waals surface area contributed by atoms with Crippen molar-refractivity contribution < 1.29 is 14.3 Å². The second kappa shape index (κ2) is 7.44. The zero-order valence-electron chi connectivity index (χ0n) is 14.8. The van der Waals surface area contributed by atoms with Crippen LogP contribution in [0.3, 0.4) is 0 Å². The highest BCUT2D eigenvalue weighted by Gasteiger charge is 2.19. The van der Waals surface area contributed by atoms with Gasteiger partial charge >= 0.3 is 5.63 Å². The highest BCUT2D eigenvalue weighted by atomic mass is 16.4. The van der Waals surface area contributed by atoms with E-state index < -0.39 is 11.5 Å². The van der Waals surface area contributed by atoms with E-state index in [0.717, 1.165) is 29.5 Å². The number of hydrogen-bond donors (Lipinski definition) is 2. The van der Waals surface area contributed by atoms with E-state index in [-0.39, 0.29) is 23.4 Å². The van der Waals surface area contributed by atoms with Gasteiger partial charge in [-0.2, -0.15) is 0 Å². The summed E-state index contributed by atoms with van der Waals surface area (Å²) < 4.78 is 5.07. The van der Waals surface area contributed by atoms with Gasteiger partial charge in [-0.15, -0.1) is 0 Å². The van der Waals surface area contributed by atoms with Crippen molar-refractivity contribution in [3.63, 3.8) is 0 Å². The van der Waals surface area contributed by atoms with Crippen molar-refractivity contribution >= 4 is 16.7 Å². The van der Waals surface area contributed by atoms with Gasteiger partial charge in [0.05, 0.1) is 5.39 Å². The van der Waals surface area contributed by atoms with Gasteiger partial charge in [0, 0.05) is 11.9 Å². The molecule has 0 aliphatic heterocycles. The van der Waals surface area contributed by atoms with Gasteiger partial charge in [-0.05, 0) is 36.6 Å². The van der Waals surface area contributed by atoms with Crippen LogP contribution in [-0.2, 0) is 13.0 Å². The Labute approximate surface area is 151 Å². The predicted octanol–water partition coefficient (Wildman–Crippen LogP) is 3.69. The molecule has 0 aliphatic rings. The topological polar surface area (TPSA) is 79.5 Å². The smallest absolute Gasteiger partial charge is 0.344 e. The molecule has 3 aromatic rings. The first-order valence-electron chi connectivity index (χ1n) is 8.62. The number of aromatic hydroxyl groups is 1. The predicted molar refractivity (Wildman–Crippen MR) is 100 cm³/mol. The summed E-state index contributed by atoms with van der Waals surface area (Å²) in [7, 11) is 0. The van der Waals surface area contributed by atoms with Crippen molar-refractivity contribution in [1.29, 1.82) is 0 Å². The minimum Gasteiger partial charge on any atom is -0.504 e. The molecule has 2 N–H and O–H groups in total. The largest absolute Gasteiger partial charge is 0.504 e. The van der Waals surface area contributed by atoms with Crippen LogP contribution in [0.25, 0.3) is 10.8 Å². The van der Waals surface area contributed by atoms with Crippen LogP contribution >= 0.6 is 0 Å². The van der Waals surface area contributed by atoms with E-state index in [4.69, 9.17) is 4.42 Å². The molecule has 134 valence electrons. The summed E-state index contributed by atoms with van der Waals surface area (Å²) in [5.74, 6) is -1.29. The number of fused-ring (bicyclic) bond motifs is 1. The minimum absolute atomic E-state index is 0.262. The van der Waals surface area contributed by atoms with Gasteiger partial charge < -0.3 is 14.8 Å². The fourth-order valence-electron chi connectivity index (χ4n) is 2.85. The maximum atomic E-state index is 12.4. The maximum absolute atomic E-state index is 12.4. The first-order valence-corrected chi connectivity index (χ1v) is 8.62. The highest BCUT2D eigenvalue weighted by Crippen LogP contribution is 2.27. The Morgan fingerprint density at radius 1 is 1.08 bits per heavy atom. The van der Waals surface area contributed by atoms with Gasteiger partial charge in [0.1, 0.15) is 0 Å². The third kappa shape index (κ3) is 3.61. The van der Waals surface area contributed by atoms with Crippen molar-refractivity contribution in [1.82, 2.24) is 5.32 Å². The lowest BCUT2D eigenvalue weighted by atomic mass is 10.0. The summed E-state index contributed by atoms with van der Waals surface area (Å²) in [5, 5.41) is 13.8. The summed E-state index contributed by atoms with van der Waals surface area (Å²) in [4.78, 5) is 24.6. The van der Waals surface area contributed by atoms with Gasteiger partial charge in [-0.1, -0.05) is 49.2 Å². The number of carbonyl (C=O) groups is 1. The van der Waals surface area contributed by atoms with E-state index >= 15 is 0 Å². The molecule has 0 bridgehead atoms. The van der Waals surface area contributed by atoms with E-state index in [0.29, 0.717) is 5.39 Å². The lowest BCUT2D eigenvalue weighted by Crippen LogP contribution is -2.24. The molecule has 0 saturated heterocycles. The van der Waals surface area contributed by atoms with Crippen LogP contribution < -0.4 is 10.9 Å². The average molecular weight is 351 g/mol. The van der Waals surface area contributed by atoms with Crippen LogP contribution in [0, 0.1) is 6.92 Å². The second-order valence-electron chi connectivity index (χ2n) is 6.37. The fourth-order valence-corrected chi connectivity index (χ4v) is 2.85. The molecule has 2 aromatic carbocycles. The highest BCUT2D eigenvalue weighted by molar-refractivity contribution is 6.00. The summed E-state index contributed by atoms with van der Waals surface area (Å²) in [5.41, 5.74) is 2.39. The number of aryl methyl sites for hydroxylation is 2. The van der Waals surface area contributed by atoms with Gasteiger partial charge in [0.2, 0.25) is 5.76 Å². The molecular formula is C21H21NO4. The zero-order valence-corrected chi connectivity index (χ0v) is 14.8. The van der Waals surface area contributed by atoms with E-state index in [1.165, 1.54) is 0 Å². The van der Waals surface area contributed by atoms with E-state index in [1.807, 2.05) is 44.2 Å². The van der Waals surface area contributed by atoms with Crippen molar-refractivity contribution in [2.24, 2.45) is 0 Å². The molecule has 3 rings (SSSR count). The van der Waals surface area contributed by atoms with Crippen molar-refractivity contribution in [3.8, 4) is 5.75 Å². The molecule has 26 heavy (non-hydrogen) atoms. The first-order chi connectivity index (χ1) is 12.5. The standard InChI is InChI=1S/C21H21NO4/c1-3-4-14-9-10-16-17(11-14)18(23)19(26-21(16)25)20(24)22-12-15-7-5-13(2)6-8-15/h5-11,23H,3-4,12H2,1-2H3,(H,22,24). The molecule has 0 fully saturated rings. The number of carbonyl (C=O) groups excluding carboxylic acids is 1. The normalized spacial score (nSPS) is 10.8. The van der Waals surface area contributed by atoms with Crippen LogP contribution in [0.2, 0.25) is 0 Å². The molecule has 0 spiro atoms. The second-order valence-corrected chi connectivity index (χ2v) is 6.37. The third-order valence-corrected chi connectivity index (χ3v) is 4.29. The number of hydrogen-bond acceptors (Lipinski definition) is 4. The first kappa shape index (κ1) is 17.7. The van der Waals surface area contributed by atoms with E-state index in [2.05, 4.69) is 5.32 Å². The lowest BCUT2D eigenvalue weighted by molar-refractivity contribution is 0.0914. The van der Waals surface area contributed by atoms with Gasteiger partial charge in [0.15, 0.2) is 5.75 Å². The van der Waals surface area contributed by atoms with E-state index in [1.54, 1.807) is 12.1 Å². The quantitative estimate of drug-likeness (QED) is 0.735. The number of nitrogens with one attached hydrogen (secondary N) is 1. The van der Waals surface area contributed by atoms with Crippen LogP contribution in [0.15, 0.2) is 51.7 Å². The number of benzene rings is 2. The van der Waals surface area contributed by atoms with Crippen LogP contribution in [-0.4, -0.2) is 11.0 Å². The van der Waals surface area contributed by atoms with Crippen LogP contribution in [0.1, 0.15) is 40.6 Å². The van der Waals surface area contributed by atoms with Gasteiger partial charge in [0.25, 0.3) is 5.91 Å². The molecule has 0 radical (unpaired) electrons. The molecule has 0 saturated carbocycles. The summed E-state index contributed by atoms with van der Waals surface area (Å²) in [6.07, 6.45) is 1.77. The Balaban J connectivity index is 1.90.